The molecule has 2 rings (SSSR count). The number of methoxy groups -OCH3 is 2. The van der Waals surface area contributed by atoms with E-state index in [1.807, 2.05) is 6.07 Å². The molecule has 0 aliphatic heterocycles. The van der Waals surface area contributed by atoms with Crippen LogP contribution in [0.1, 0.15) is 0 Å². The van der Waals surface area contributed by atoms with Gasteiger partial charge in [0.1, 0.15) is 4.64 Å². The molecule has 1 aromatic carbocycles. The van der Waals surface area contributed by atoms with E-state index in [1.54, 1.807) is 32.4 Å². The highest BCUT2D eigenvalue weighted by Crippen LogP contribution is 2.31. The summed E-state index contributed by atoms with van der Waals surface area (Å²) in [7, 11) is 3.12. The Hall–Kier alpha value is -2.08. The summed E-state index contributed by atoms with van der Waals surface area (Å²) in [5.74, 6) is 1.22. The molecule has 2 aromatic rings. The zero-order chi connectivity index (χ0) is 13.1. The average molecular weight is 264 g/mol. The third-order valence-corrected chi connectivity index (χ3v) is 2.67. The quantitative estimate of drug-likeness (QED) is 0.833. The highest BCUT2D eigenvalue weighted by molar-refractivity contribution is 7.71. The Morgan fingerprint density at radius 1 is 1.06 bits per heavy atom. The second-order valence-corrected chi connectivity index (χ2v) is 4.01. The summed E-state index contributed by atoms with van der Waals surface area (Å²) in [6, 6.07) is 7.05. The molecule has 1 aromatic heterocycles. The van der Waals surface area contributed by atoms with Gasteiger partial charge in [-0.05, 0) is 24.3 Å². The molecule has 0 saturated heterocycles. The zero-order valence-corrected chi connectivity index (χ0v) is 10.8. The lowest BCUT2D eigenvalue weighted by atomic mass is 10.1. The molecule has 94 valence electrons. The number of benzene rings is 1. The first-order valence-corrected chi connectivity index (χ1v) is 5.61. The molecule has 2 N–H and O–H groups in total. The number of H-pyrrole nitrogens is 2. The van der Waals surface area contributed by atoms with Gasteiger partial charge in [0, 0.05) is 5.56 Å². The van der Waals surface area contributed by atoms with E-state index in [9.17, 15) is 4.79 Å². The third-order valence-electron chi connectivity index (χ3n) is 2.45. The molecule has 1 heterocycles. The molecule has 18 heavy (non-hydrogen) atoms. The van der Waals surface area contributed by atoms with Crippen LogP contribution >= 0.6 is 12.2 Å². The molecule has 5 nitrogen and oxygen atoms in total. The molecule has 0 saturated carbocycles. The summed E-state index contributed by atoms with van der Waals surface area (Å²) in [4.78, 5) is 16.5. The first-order chi connectivity index (χ1) is 8.63. The van der Waals surface area contributed by atoms with Gasteiger partial charge in [0.25, 0.3) is 0 Å². The van der Waals surface area contributed by atoms with Crippen LogP contribution in [-0.4, -0.2) is 24.2 Å². The van der Waals surface area contributed by atoms with Gasteiger partial charge in [-0.2, -0.15) is 0 Å². The van der Waals surface area contributed by atoms with E-state index < -0.39 is 0 Å². The Morgan fingerprint density at radius 2 is 1.78 bits per heavy atom. The fourth-order valence-corrected chi connectivity index (χ4v) is 1.84. The Bertz CT molecular complexity index is 647. The number of nitrogens with one attached hydrogen (secondary N) is 2. The summed E-state index contributed by atoms with van der Waals surface area (Å²) >= 11 is 4.97. The van der Waals surface area contributed by atoms with Crippen LogP contribution in [0, 0.1) is 4.64 Å². The standard InChI is InChI=1S/C12H12N2O3S/c1-16-9-4-3-7(5-10(9)17-2)8-6-11(18)14-12(15)13-8/h3-6H,1-2H3,(H2,13,14,15,18). The molecule has 0 aliphatic carbocycles. The van der Waals surface area contributed by atoms with Crippen LogP contribution in [0.5, 0.6) is 11.5 Å². The van der Waals surface area contributed by atoms with Crippen LogP contribution in [0.25, 0.3) is 11.3 Å². The summed E-state index contributed by atoms with van der Waals surface area (Å²) in [5, 5.41) is 0. The molecule has 0 aliphatic rings. The predicted molar refractivity (Wildman–Crippen MR) is 70.8 cm³/mol. The number of aromatic nitrogens is 2. The van der Waals surface area contributed by atoms with E-state index in [0.29, 0.717) is 21.8 Å². The normalized spacial score (nSPS) is 10.1. The lowest BCUT2D eigenvalue weighted by Crippen LogP contribution is -2.10. The zero-order valence-electron chi connectivity index (χ0n) is 9.94. The van der Waals surface area contributed by atoms with Gasteiger partial charge < -0.3 is 14.5 Å². The predicted octanol–water partition coefficient (Wildman–Crippen LogP) is 2.12. The average Bonchev–Trinajstić information content (AvgIpc) is 2.36. The molecule has 0 atom stereocenters. The van der Waals surface area contributed by atoms with Crippen molar-refractivity contribution in [2.24, 2.45) is 0 Å². The van der Waals surface area contributed by atoms with Crippen molar-refractivity contribution >= 4 is 12.2 Å². The van der Waals surface area contributed by atoms with Gasteiger partial charge in [0.15, 0.2) is 11.5 Å². The molecule has 0 amide bonds. The molecule has 0 radical (unpaired) electrons. The van der Waals surface area contributed by atoms with Crippen molar-refractivity contribution in [2.45, 2.75) is 0 Å². The Balaban J connectivity index is 2.57. The lowest BCUT2D eigenvalue weighted by molar-refractivity contribution is 0.355. The molecular formula is C12H12N2O3S. The van der Waals surface area contributed by atoms with E-state index in [4.69, 9.17) is 21.7 Å². The second-order valence-electron chi connectivity index (χ2n) is 3.57. The van der Waals surface area contributed by atoms with Crippen LogP contribution in [0.3, 0.4) is 0 Å². The maximum Gasteiger partial charge on any atom is 0.324 e. The van der Waals surface area contributed by atoms with Gasteiger partial charge in [-0.15, -0.1) is 0 Å². The maximum absolute atomic E-state index is 11.3. The van der Waals surface area contributed by atoms with E-state index in [-0.39, 0.29) is 5.69 Å². The number of ether oxygens (including phenoxy) is 2. The lowest BCUT2D eigenvalue weighted by Gasteiger charge is -2.09. The van der Waals surface area contributed by atoms with Gasteiger partial charge in [0.2, 0.25) is 0 Å². The highest BCUT2D eigenvalue weighted by Gasteiger charge is 2.06. The number of rotatable bonds is 3. The first-order valence-electron chi connectivity index (χ1n) is 5.20. The van der Waals surface area contributed by atoms with Crippen molar-refractivity contribution < 1.29 is 9.47 Å². The van der Waals surface area contributed by atoms with Gasteiger partial charge in [0.05, 0.1) is 19.9 Å². The van der Waals surface area contributed by atoms with Crippen molar-refractivity contribution in [3.8, 4) is 22.8 Å². The minimum absolute atomic E-state index is 0.340. The van der Waals surface area contributed by atoms with Crippen molar-refractivity contribution in [3.05, 3.63) is 39.4 Å². The molecule has 0 unspecified atom stereocenters. The third kappa shape index (κ3) is 2.43. The van der Waals surface area contributed by atoms with Crippen molar-refractivity contribution in [2.75, 3.05) is 14.2 Å². The van der Waals surface area contributed by atoms with Crippen LogP contribution in [0.15, 0.2) is 29.1 Å². The minimum atomic E-state index is -0.340. The summed E-state index contributed by atoms with van der Waals surface area (Å²) in [6.45, 7) is 0. The Kier molecular flexibility index (Phi) is 3.47. The molecule has 0 bridgehead atoms. The van der Waals surface area contributed by atoms with Gasteiger partial charge in [-0.3, -0.25) is 4.98 Å². The topological polar surface area (TPSA) is 67.1 Å². The van der Waals surface area contributed by atoms with Crippen LogP contribution in [-0.2, 0) is 0 Å². The fourth-order valence-electron chi connectivity index (χ4n) is 1.63. The van der Waals surface area contributed by atoms with E-state index >= 15 is 0 Å². The molecule has 6 heteroatoms. The monoisotopic (exact) mass is 264 g/mol. The number of hydrogen-bond donors (Lipinski definition) is 2. The van der Waals surface area contributed by atoms with Crippen molar-refractivity contribution in [1.82, 2.24) is 9.97 Å². The smallest absolute Gasteiger partial charge is 0.324 e. The largest absolute Gasteiger partial charge is 0.493 e. The van der Waals surface area contributed by atoms with Crippen LogP contribution < -0.4 is 15.2 Å². The first kappa shape index (κ1) is 12.4. The van der Waals surface area contributed by atoms with Gasteiger partial charge in [-0.1, -0.05) is 12.2 Å². The van der Waals surface area contributed by atoms with Crippen LogP contribution in [0.2, 0.25) is 0 Å². The fraction of sp³-hybridized carbons (Fsp3) is 0.167. The number of aromatic amines is 2. The Labute approximate surface area is 108 Å². The summed E-state index contributed by atoms with van der Waals surface area (Å²) in [5.41, 5.74) is 1.09. The number of hydrogen-bond acceptors (Lipinski definition) is 4. The highest BCUT2D eigenvalue weighted by atomic mass is 32.1. The van der Waals surface area contributed by atoms with E-state index in [2.05, 4.69) is 9.97 Å². The van der Waals surface area contributed by atoms with Crippen molar-refractivity contribution in [1.29, 1.82) is 0 Å². The minimum Gasteiger partial charge on any atom is -0.493 e. The molecular weight excluding hydrogens is 252 g/mol. The molecule has 0 fully saturated rings. The SMILES string of the molecule is COc1ccc(-c2cc(=S)[nH]c(=O)[nH]2)cc1OC. The summed E-state index contributed by atoms with van der Waals surface area (Å²) in [6.07, 6.45) is 0. The maximum atomic E-state index is 11.3. The van der Waals surface area contributed by atoms with Crippen molar-refractivity contribution in [3.63, 3.8) is 0 Å². The second kappa shape index (κ2) is 5.05. The Morgan fingerprint density at radius 3 is 2.39 bits per heavy atom. The molecule has 0 spiro atoms. The van der Waals surface area contributed by atoms with E-state index in [1.165, 1.54) is 0 Å². The van der Waals surface area contributed by atoms with E-state index in [0.717, 1.165) is 5.56 Å². The van der Waals surface area contributed by atoms with Gasteiger partial charge in [-0.25, -0.2) is 4.79 Å². The summed E-state index contributed by atoms with van der Waals surface area (Å²) < 4.78 is 10.7. The van der Waals surface area contributed by atoms with Gasteiger partial charge >= 0.3 is 5.69 Å². The van der Waals surface area contributed by atoms with Crippen LogP contribution in [0.4, 0.5) is 0 Å².